The number of rotatable bonds is 8. The van der Waals surface area contributed by atoms with Crippen molar-refractivity contribution in [1.82, 2.24) is 9.71 Å². The second-order valence-electron chi connectivity index (χ2n) is 6.24. The highest BCUT2D eigenvalue weighted by atomic mass is 32.2. The van der Waals surface area contributed by atoms with Crippen molar-refractivity contribution in [3.05, 3.63) is 35.3 Å². The molecule has 0 aliphatic heterocycles. The first-order valence-electron chi connectivity index (χ1n) is 8.11. The van der Waals surface area contributed by atoms with Gasteiger partial charge < -0.3 is 10.1 Å². The summed E-state index contributed by atoms with van der Waals surface area (Å²) in [5.74, 6) is 0.257. The summed E-state index contributed by atoms with van der Waals surface area (Å²) < 4.78 is 32.8. The maximum atomic E-state index is 12.6. The number of aromatic nitrogens is 1. The zero-order valence-corrected chi connectivity index (χ0v) is 16.8. The minimum absolute atomic E-state index is 0.0740. The molecule has 0 radical (unpaired) electrons. The van der Waals surface area contributed by atoms with Crippen LogP contribution in [0.2, 0.25) is 0 Å². The van der Waals surface area contributed by atoms with Crippen LogP contribution in [0.3, 0.4) is 0 Å². The normalized spacial score (nSPS) is 12.8. The van der Waals surface area contributed by atoms with Crippen molar-refractivity contribution in [2.24, 2.45) is 5.92 Å². The van der Waals surface area contributed by atoms with Crippen molar-refractivity contribution in [2.75, 3.05) is 12.4 Å². The van der Waals surface area contributed by atoms with Crippen LogP contribution < -0.4 is 14.8 Å². The number of nitrogens with one attached hydrogen (secondary N) is 2. The molecule has 0 bridgehead atoms. The lowest BCUT2D eigenvalue weighted by Gasteiger charge is -2.19. The van der Waals surface area contributed by atoms with Gasteiger partial charge in [0.15, 0.2) is 5.13 Å². The zero-order valence-electron chi connectivity index (χ0n) is 15.1. The molecule has 0 fully saturated rings. The van der Waals surface area contributed by atoms with E-state index in [1.54, 1.807) is 18.3 Å². The first-order chi connectivity index (χ1) is 12.2. The lowest BCUT2D eigenvalue weighted by Crippen LogP contribution is -2.44. The van der Waals surface area contributed by atoms with E-state index >= 15 is 0 Å². The number of hydrogen-bond donors (Lipinski definition) is 2. The Balaban J connectivity index is 2.18. The fraction of sp³-hybridized carbons (Fsp3) is 0.412. The average molecular weight is 398 g/mol. The molecule has 2 rings (SSSR count). The van der Waals surface area contributed by atoms with Gasteiger partial charge in [0.25, 0.3) is 0 Å². The monoisotopic (exact) mass is 397 g/mol. The highest BCUT2D eigenvalue weighted by Crippen LogP contribution is 2.19. The summed E-state index contributed by atoms with van der Waals surface area (Å²) in [6.45, 7) is 5.73. The van der Waals surface area contributed by atoms with E-state index in [-0.39, 0.29) is 10.8 Å². The number of ether oxygens (including phenoxy) is 1. The van der Waals surface area contributed by atoms with E-state index in [9.17, 15) is 13.2 Å². The predicted octanol–water partition coefficient (Wildman–Crippen LogP) is 2.79. The van der Waals surface area contributed by atoms with Crippen molar-refractivity contribution in [3.8, 4) is 5.75 Å². The summed E-state index contributed by atoms with van der Waals surface area (Å²) in [4.78, 5) is 17.7. The molecule has 2 N–H and O–H groups in total. The van der Waals surface area contributed by atoms with Crippen LogP contribution >= 0.6 is 11.3 Å². The molecule has 26 heavy (non-hydrogen) atoms. The summed E-state index contributed by atoms with van der Waals surface area (Å²) in [6.07, 6.45) is 2.02. The molecule has 0 aliphatic carbocycles. The Kier molecular flexibility index (Phi) is 6.74. The van der Waals surface area contributed by atoms with E-state index in [1.165, 1.54) is 30.6 Å². The number of benzene rings is 1. The van der Waals surface area contributed by atoms with E-state index in [2.05, 4.69) is 15.0 Å². The Morgan fingerprint density at radius 2 is 1.92 bits per heavy atom. The summed E-state index contributed by atoms with van der Waals surface area (Å²) in [7, 11) is -2.34. The van der Waals surface area contributed by atoms with Crippen LogP contribution in [0.25, 0.3) is 0 Å². The number of carbonyl (C=O) groups excluding carboxylic acids is 1. The molecule has 2 aromatic rings. The van der Waals surface area contributed by atoms with Crippen LogP contribution in [0.4, 0.5) is 5.13 Å². The van der Waals surface area contributed by atoms with Gasteiger partial charge in [-0.05, 0) is 43.5 Å². The highest BCUT2D eigenvalue weighted by Gasteiger charge is 2.27. The molecule has 0 spiro atoms. The number of amides is 1. The van der Waals surface area contributed by atoms with Gasteiger partial charge in [0, 0.05) is 11.1 Å². The standard InChI is InChI=1S/C17H23N3O4S2/c1-11(2)9-15(16(21)19-17-18-10-12(3)25-17)20-26(22,23)14-7-5-13(24-4)6-8-14/h5-8,10-11,15,20H,9H2,1-4H3,(H,18,19,21). The van der Waals surface area contributed by atoms with Crippen molar-refractivity contribution in [3.63, 3.8) is 0 Å². The molecule has 0 aliphatic rings. The Morgan fingerprint density at radius 3 is 2.42 bits per heavy atom. The molecule has 1 amide bonds. The summed E-state index contributed by atoms with van der Waals surface area (Å²) >= 11 is 1.34. The number of nitrogens with zero attached hydrogens (tertiary/aromatic N) is 1. The van der Waals surface area contributed by atoms with Crippen molar-refractivity contribution in [2.45, 2.75) is 38.1 Å². The number of anilines is 1. The van der Waals surface area contributed by atoms with Crippen molar-refractivity contribution in [1.29, 1.82) is 0 Å². The van der Waals surface area contributed by atoms with Crippen LogP contribution in [-0.4, -0.2) is 32.5 Å². The SMILES string of the molecule is COc1ccc(S(=O)(=O)NC(CC(C)C)C(=O)Nc2ncc(C)s2)cc1. The molecule has 1 aromatic carbocycles. The minimum atomic E-state index is -3.85. The number of carbonyl (C=O) groups is 1. The molecule has 1 unspecified atom stereocenters. The highest BCUT2D eigenvalue weighted by molar-refractivity contribution is 7.89. The number of thiazole rings is 1. The Labute approximate surface area is 157 Å². The average Bonchev–Trinajstić information content (AvgIpc) is 2.98. The zero-order chi connectivity index (χ0) is 19.3. The van der Waals surface area contributed by atoms with Gasteiger partial charge in [-0.2, -0.15) is 4.72 Å². The lowest BCUT2D eigenvalue weighted by atomic mass is 10.0. The van der Waals surface area contributed by atoms with Gasteiger partial charge in [-0.15, -0.1) is 11.3 Å². The smallest absolute Gasteiger partial charge is 0.244 e. The molecular weight excluding hydrogens is 374 g/mol. The molecule has 0 saturated carbocycles. The Bertz CT molecular complexity index is 845. The Morgan fingerprint density at radius 1 is 1.27 bits per heavy atom. The molecule has 142 valence electrons. The van der Waals surface area contributed by atoms with Gasteiger partial charge >= 0.3 is 0 Å². The third-order valence-electron chi connectivity index (χ3n) is 3.54. The lowest BCUT2D eigenvalue weighted by molar-refractivity contribution is -0.118. The third kappa shape index (κ3) is 5.52. The number of sulfonamides is 1. The van der Waals surface area contributed by atoms with Crippen LogP contribution in [-0.2, 0) is 14.8 Å². The van der Waals surface area contributed by atoms with E-state index in [0.717, 1.165) is 4.88 Å². The van der Waals surface area contributed by atoms with Gasteiger partial charge in [-0.1, -0.05) is 13.8 Å². The number of hydrogen-bond acceptors (Lipinski definition) is 6. The van der Waals surface area contributed by atoms with Gasteiger partial charge in [0.2, 0.25) is 15.9 Å². The fourth-order valence-corrected chi connectivity index (χ4v) is 4.17. The minimum Gasteiger partial charge on any atom is -0.497 e. The third-order valence-corrected chi connectivity index (χ3v) is 5.86. The summed E-state index contributed by atoms with van der Waals surface area (Å²) in [5, 5.41) is 3.13. The van der Waals surface area contributed by atoms with E-state index in [0.29, 0.717) is 17.3 Å². The molecular formula is C17H23N3O4S2. The molecule has 9 heteroatoms. The van der Waals surface area contributed by atoms with Gasteiger partial charge in [-0.25, -0.2) is 13.4 Å². The summed E-state index contributed by atoms with van der Waals surface area (Å²) in [6, 6.07) is 5.10. The first kappa shape index (κ1) is 20.3. The second kappa shape index (κ2) is 8.61. The van der Waals surface area contributed by atoms with Gasteiger partial charge in [0.05, 0.1) is 12.0 Å². The molecule has 1 aromatic heterocycles. The van der Waals surface area contributed by atoms with Crippen molar-refractivity contribution >= 4 is 32.4 Å². The largest absolute Gasteiger partial charge is 0.497 e. The van der Waals surface area contributed by atoms with E-state index < -0.39 is 22.0 Å². The maximum Gasteiger partial charge on any atom is 0.244 e. The van der Waals surface area contributed by atoms with Crippen molar-refractivity contribution < 1.29 is 17.9 Å². The second-order valence-corrected chi connectivity index (χ2v) is 9.19. The topological polar surface area (TPSA) is 97.4 Å². The van der Waals surface area contributed by atoms with E-state index in [4.69, 9.17) is 4.74 Å². The van der Waals surface area contributed by atoms with E-state index in [1.807, 2.05) is 20.8 Å². The number of methoxy groups -OCH3 is 1. The van der Waals surface area contributed by atoms with Crippen LogP contribution in [0, 0.1) is 12.8 Å². The van der Waals surface area contributed by atoms with Crippen LogP contribution in [0.1, 0.15) is 25.1 Å². The molecule has 1 heterocycles. The fourth-order valence-electron chi connectivity index (χ4n) is 2.30. The first-order valence-corrected chi connectivity index (χ1v) is 10.4. The van der Waals surface area contributed by atoms with Crippen LogP contribution in [0.5, 0.6) is 5.75 Å². The van der Waals surface area contributed by atoms with Gasteiger partial charge in [0.1, 0.15) is 11.8 Å². The predicted molar refractivity (Wildman–Crippen MR) is 102 cm³/mol. The maximum absolute atomic E-state index is 12.6. The molecule has 7 nitrogen and oxygen atoms in total. The Hall–Kier alpha value is -1.97. The molecule has 0 saturated heterocycles. The number of aryl methyl sites for hydroxylation is 1. The summed E-state index contributed by atoms with van der Waals surface area (Å²) in [5.41, 5.74) is 0. The van der Waals surface area contributed by atoms with Crippen LogP contribution in [0.15, 0.2) is 35.4 Å². The molecule has 1 atom stereocenters. The van der Waals surface area contributed by atoms with Gasteiger partial charge in [-0.3, -0.25) is 4.79 Å². The quantitative estimate of drug-likeness (QED) is 0.714.